The largest absolute Gasteiger partial charge is 0.374 e. The van der Waals surface area contributed by atoms with Crippen LogP contribution in [0.4, 0.5) is 5.69 Å². The van der Waals surface area contributed by atoms with Crippen molar-refractivity contribution >= 4 is 35.4 Å². The molecule has 0 saturated carbocycles. The van der Waals surface area contributed by atoms with Gasteiger partial charge in [-0.2, -0.15) is 5.10 Å². The van der Waals surface area contributed by atoms with Gasteiger partial charge in [0.15, 0.2) is 0 Å². The summed E-state index contributed by atoms with van der Waals surface area (Å²) in [6, 6.07) is 25.4. The third-order valence-corrected chi connectivity index (χ3v) is 9.49. The van der Waals surface area contributed by atoms with E-state index in [-0.39, 0.29) is 30.3 Å². The molecular weight excluding hydrogens is 610 g/mol. The average molecular weight is 650 g/mol. The van der Waals surface area contributed by atoms with Gasteiger partial charge >= 0.3 is 0 Å². The van der Waals surface area contributed by atoms with Gasteiger partial charge in [-0.3, -0.25) is 19.8 Å². The van der Waals surface area contributed by atoms with E-state index in [0.717, 1.165) is 71.6 Å². The lowest BCUT2D eigenvalue weighted by Crippen LogP contribution is -2.47. The van der Waals surface area contributed by atoms with Crippen LogP contribution in [0, 0.1) is 6.92 Å². The Hall–Kier alpha value is -4.57. The zero-order valence-electron chi connectivity index (χ0n) is 26.5. The van der Waals surface area contributed by atoms with E-state index in [1.807, 2.05) is 4.52 Å². The van der Waals surface area contributed by atoms with Gasteiger partial charge in [0.25, 0.3) is 0 Å². The zero-order valence-corrected chi connectivity index (χ0v) is 27.3. The van der Waals surface area contributed by atoms with E-state index in [4.69, 9.17) is 5.73 Å². The highest BCUT2D eigenvalue weighted by Crippen LogP contribution is 2.32. The number of aryl methyl sites for hydroxylation is 1. The maximum atomic E-state index is 12.1. The van der Waals surface area contributed by atoms with E-state index >= 15 is 0 Å². The smallest absolute Gasteiger partial charge is 0.249 e. The third-order valence-electron chi connectivity index (χ3n) is 9.49. The van der Waals surface area contributed by atoms with Crippen molar-refractivity contribution in [2.75, 3.05) is 18.4 Å². The number of halogens is 1. The summed E-state index contributed by atoms with van der Waals surface area (Å²) in [5.41, 5.74) is 17.0. The van der Waals surface area contributed by atoms with E-state index in [1.165, 1.54) is 16.7 Å². The predicted molar refractivity (Wildman–Crippen MR) is 187 cm³/mol. The van der Waals surface area contributed by atoms with Crippen molar-refractivity contribution in [2.45, 2.75) is 57.7 Å². The van der Waals surface area contributed by atoms with Gasteiger partial charge < -0.3 is 11.1 Å². The quantitative estimate of drug-likeness (QED) is 0.181. The standard InChI is InChI=1S/C37H39N7O2.ClH/c1-24-18-29(6-7-30(24)20-38)36-34-19-31(22-44(34)40-23-39-36)27-4-2-25(3-5-27)21-43-16-14-28(15-17-43)26-8-10-32(11-9-26)41-33-12-13-35(45)42-37(33)46;/h2-11,18-19,22-23,28,33,41H,12-17,20-21,38H2,1H3,(H,42,45,46);1H. The van der Waals surface area contributed by atoms with Crippen molar-refractivity contribution in [3.05, 3.63) is 108 Å². The number of rotatable bonds is 8. The maximum Gasteiger partial charge on any atom is 0.249 e. The summed E-state index contributed by atoms with van der Waals surface area (Å²) >= 11 is 0. The first-order valence-corrected chi connectivity index (χ1v) is 16.1. The molecule has 3 aromatic carbocycles. The number of carbonyl (C=O) groups excluding carboxylic acids is 2. The molecule has 7 rings (SSSR count). The Morgan fingerprint density at radius 1 is 0.915 bits per heavy atom. The minimum Gasteiger partial charge on any atom is -0.374 e. The summed E-state index contributed by atoms with van der Waals surface area (Å²) in [5.74, 6) is 0.0898. The number of likely N-dealkylation sites (tertiary alicyclic amines) is 1. The van der Waals surface area contributed by atoms with Gasteiger partial charge in [0.1, 0.15) is 12.4 Å². The van der Waals surface area contributed by atoms with Crippen molar-refractivity contribution in [2.24, 2.45) is 5.73 Å². The van der Waals surface area contributed by atoms with E-state index in [2.05, 4.69) is 112 Å². The number of piperidine rings is 2. The Labute approximate surface area is 281 Å². The molecule has 9 nitrogen and oxygen atoms in total. The highest BCUT2D eigenvalue weighted by molar-refractivity contribution is 6.01. The monoisotopic (exact) mass is 649 g/mol. The second kappa shape index (κ2) is 14.0. The molecule has 242 valence electrons. The molecule has 47 heavy (non-hydrogen) atoms. The van der Waals surface area contributed by atoms with Crippen LogP contribution in [0.15, 0.2) is 85.3 Å². The van der Waals surface area contributed by atoms with Crippen LogP contribution in [0.25, 0.3) is 27.9 Å². The van der Waals surface area contributed by atoms with Crippen LogP contribution in [0.1, 0.15) is 53.9 Å². The van der Waals surface area contributed by atoms with Crippen LogP contribution in [-0.4, -0.2) is 50.4 Å². The molecule has 4 heterocycles. The van der Waals surface area contributed by atoms with Crippen LogP contribution in [0.3, 0.4) is 0 Å². The number of hydrogen-bond donors (Lipinski definition) is 3. The molecule has 2 aliphatic rings. The second-order valence-electron chi connectivity index (χ2n) is 12.5. The Kier molecular flexibility index (Phi) is 9.68. The lowest BCUT2D eigenvalue weighted by molar-refractivity contribution is -0.133. The van der Waals surface area contributed by atoms with E-state index in [9.17, 15) is 9.59 Å². The summed E-state index contributed by atoms with van der Waals surface area (Å²) in [6.45, 7) is 5.66. The average Bonchev–Trinajstić information content (AvgIpc) is 3.52. The molecule has 10 heteroatoms. The molecule has 2 aromatic heterocycles. The molecule has 4 N–H and O–H groups in total. The van der Waals surface area contributed by atoms with Gasteiger partial charge in [0.2, 0.25) is 11.8 Å². The highest BCUT2D eigenvalue weighted by Gasteiger charge is 2.26. The number of nitrogens with two attached hydrogens (primary N) is 1. The van der Waals surface area contributed by atoms with Gasteiger partial charge in [-0.25, -0.2) is 9.50 Å². The number of benzene rings is 3. The predicted octanol–water partition coefficient (Wildman–Crippen LogP) is 5.85. The number of carbonyl (C=O) groups is 2. The first kappa shape index (κ1) is 32.4. The lowest BCUT2D eigenvalue weighted by Gasteiger charge is -2.32. The molecule has 0 spiro atoms. The molecule has 5 aromatic rings. The van der Waals surface area contributed by atoms with Gasteiger partial charge in [0, 0.05) is 42.5 Å². The first-order valence-electron chi connectivity index (χ1n) is 16.1. The molecule has 2 fully saturated rings. The Balaban J connectivity index is 0.00000386. The van der Waals surface area contributed by atoms with Crippen LogP contribution in [-0.2, 0) is 22.7 Å². The molecule has 0 aliphatic carbocycles. The number of hydrogen-bond acceptors (Lipinski definition) is 7. The van der Waals surface area contributed by atoms with Crippen LogP contribution >= 0.6 is 12.4 Å². The molecule has 2 saturated heterocycles. The molecular formula is C37H40ClN7O2. The van der Waals surface area contributed by atoms with Gasteiger partial charge in [-0.1, -0.05) is 48.5 Å². The fourth-order valence-corrected chi connectivity index (χ4v) is 6.75. The van der Waals surface area contributed by atoms with Crippen LogP contribution < -0.4 is 16.4 Å². The number of imide groups is 1. The Morgan fingerprint density at radius 3 is 2.36 bits per heavy atom. The number of amides is 2. The SMILES string of the molecule is Cc1cc(-c2ncnn3cc(-c4ccc(CN5CCC(c6ccc(NC7CCC(=O)NC7=O)cc6)CC5)cc4)cc23)ccc1CN.Cl. The fourth-order valence-electron chi connectivity index (χ4n) is 6.75. The van der Waals surface area contributed by atoms with E-state index < -0.39 is 0 Å². The number of nitrogens with one attached hydrogen (secondary N) is 2. The topological polar surface area (TPSA) is 118 Å². The third kappa shape index (κ3) is 7.07. The highest BCUT2D eigenvalue weighted by atomic mass is 35.5. The number of aromatic nitrogens is 3. The second-order valence-corrected chi connectivity index (χ2v) is 12.5. The minimum atomic E-state index is -0.360. The first-order chi connectivity index (χ1) is 22.4. The fraction of sp³-hybridized carbons (Fsp3) is 0.297. The van der Waals surface area contributed by atoms with Crippen molar-refractivity contribution < 1.29 is 9.59 Å². The minimum absolute atomic E-state index is 0. The van der Waals surface area contributed by atoms with E-state index in [1.54, 1.807) is 6.33 Å². The van der Waals surface area contributed by atoms with Crippen molar-refractivity contribution in [3.8, 4) is 22.4 Å². The zero-order chi connectivity index (χ0) is 31.6. The Morgan fingerprint density at radius 2 is 1.66 bits per heavy atom. The summed E-state index contributed by atoms with van der Waals surface area (Å²) in [7, 11) is 0. The van der Waals surface area contributed by atoms with Crippen molar-refractivity contribution in [1.82, 2.24) is 24.8 Å². The molecule has 0 radical (unpaired) electrons. The van der Waals surface area contributed by atoms with Gasteiger partial charge in [-0.15, -0.1) is 12.4 Å². The molecule has 1 unspecified atom stereocenters. The summed E-state index contributed by atoms with van der Waals surface area (Å²) < 4.78 is 1.91. The summed E-state index contributed by atoms with van der Waals surface area (Å²) in [4.78, 5) is 30.6. The summed E-state index contributed by atoms with van der Waals surface area (Å²) in [5, 5.41) is 10.2. The molecule has 2 amide bonds. The molecule has 2 aliphatic heterocycles. The van der Waals surface area contributed by atoms with Crippen molar-refractivity contribution in [1.29, 1.82) is 0 Å². The summed E-state index contributed by atoms with van der Waals surface area (Å²) in [6.07, 6.45) is 6.82. The van der Waals surface area contributed by atoms with Crippen molar-refractivity contribution in [3.63, 3.8) is 0 Å². The number of nitrogens with zero attached hydrogens (tertiary/aromatic N) is 4. The van der Waals surface area contributed by atoms with Crippen LogP contribution in [0.5, 0.6) is 0 Å². The lowest BCUT2D eigenvalue weighted by atomic mass is 9.89. The van der Waals surface area contributed by atoms with Crippen LogP contribution in [0.2, 0.25) is 0 Å². The van der Waals surface area contributed by atoms with Gasteiger partial charge in [-0.05, 0) is 97.3 Å². The molecule has 1 atom stereocenters. The number of fused-ring (bicyclic) bond motifs is 1. The van der Waals surface area contributed by atoms with Gasteiger partial charge in [0.05, 0.1) is 11.2 Å². The maximum absolute atomic E-state index is 12.1. The molecule has 0 bridgehead atoms. The Bertz CT molecular complexity index is 1880. The normalized spacial score (nSPS) is 17.4. The van der Waals surface area contributed by atoms with E-state index in [0.29, 0.717) is 25.3 Å². The number of anilines is 1.